The number of nitrogens with zero attached hydrogens (tertiary/aromatic N) is 1. The molecule has 0 spiro atoms. The van der Waals surface area contributed by atoms with Crippen LogP contribution in [0.5, 0.6) is 5.75 Å². The molecule has 7 heteroatoms. The van der Waals surface area contributed by atoms with Gasteiger partial charge in [-0.25, -0.2) is 0 Å². The second-order valence-corrected chi connectivity index (χ2v) is 3.42. The Kier molecular flexibility index (Phi) is 5.95. The summed E-state index contributed by atoms with van der Waals surface area (Å²) in [4.78, 5) is 0. The number of benzene rings is 1. The van der Waals surface area contributed by atoms with E-state index in [1.165, 1.54) is 19.2 Å². The highest BCUT2D eigenvalue weighted by Gasteiger charge is 2.35. The van der Waals surface area contributed by atoms with E-state index < -0.39 is 17.8 Å². The molecule has 2 N–H and O–H groups in total. The van der Waals surface area contributed by atoms with Crippen molar-refractivity contribution in [2.75, 3.05) is 7.11 Å². The van der Waals surface area contributed by atoms with E-state index in [2.05, 4.69) is 0 Å². The standard InChI is InChI=1S/C11H11F3N2O.ClH/c1-17-7-2-3-8(10(16)4-5-15)9(6-7)11(12,13)14;/h2-3,6,10H,4,16H2,1H3;1H/t10-;/m0./s1. The first-order valence-electron chi connectivity index (χ1n) is 4.77. The number of hydrogen-bond acceptors (Lipinski definition) is 3. The topological polar surface area (TPSA) is 59.0 Å². The number of methoxy groups -OCH3 is 1. The normalized spacial score (nSPS) is 12.2. The molecule has 1 aromatic carbocycles. The van der Waals surface area contributed by atoms with Crippen LogP contribution in [-0.4, -0.2) is 7.11 Å². The van der Waals surface area contributed by atoms with Crippen molar-refractivity contribution in [3.63, 3.8) is 0 Å². The van der Waals surface area contributed by atoms with Crippen molar-refractivity contribution in [3.05, 3.63) is 29.3 Å². The number of hydrogen-bond donors (Lipinski definition) is 1. The van der Waals surface area contributed by atoms with Crippen molar-refractivity contribution in [2.45, 2.75) is 18.6 Å². The van der Waals surface area contributed by atoms with Gasteiger partial charge in [-0.2, -0.15) is 18.4 Å². The predicted octanol–water partition coefficient (Wildman–Crippen LogP) is 3.05. The first-order valence-corrected chi connectivity index (χ1v) is 4.77. The van der Waals surface area contributed by atoms with Gasteiger partial charge in [0.25, 0.3) is 0 Å². The molecule has 100 valence electrons. The molecule has 1 rings (SSSR count). The molecule has 0 aliphatic carbocycles. The van der Waals surface area contributed by atoms with Crippen molar-refractivity contribution < 1.29 is 17.9 Å². The van der Waals surface area contributed by atoms with Gasteiger partial charge < -0.3 is 10.5 Å². The molecule has 0 aromatic heterocycles. The molecule has 3 nitrogen and oxygen atoms in total. The highest BCUT2D eigenvalue weighted by atomic mass is 35.5. The summed E-state index contributed by atoms with van der Waals surface area (Å²) in [7, 11) is 1.28. The van der Waals surface area contributed by atoms with E-state index >= 15 is 0 Å². The average Bonchev–Trinajstić information content (AvgIpc) is 2.27. The maximum absolute atomic E-state index is 12.8. The Morgan fingerprint density at radius 3 is 2.50 bits per heavy atom. The number of nitrogens with two attached hydrogens (primary N) is 1. The van der Waals surface area contributed by atoms with Crippen LogP contribution in [-0.2, 0) is 6.18 Å². The van der Waals surface area contributed by atoms with Crippen LogP contribution in [0.15, 0.2) is 18.2 Å². The number of halogens is 4. The smallest absolute Gasteiger partial charge is 0.416 e. The molecule has 0 radical (unpaired) electrons. The zero-order chi connectivity index (χ0) is 13.1. The molecule has 0 fully saturated rings. The lowest BCUT2D eigenvalue weighted by Gasteiger charge is -2.17. The summed E-state index contributed by atoms with van der Waals surface area (Å²) in [6, 6.07) is 4.31. The Morgan fingerprint density at radius 2 is 2.06 bits per heavy atom. The number of alkyl halides is 3. The molecule has 1 aromatic rings. The van der Waals surface area contributed by atoms with E-state index in [1.54, 1.807) is 6.07 Å². The van der Waals surface area contributed by atoms with Gasteiger partial charge in [-0.05, 0) is 17.7 Å². The maximum atomic E-state index is 12.8. The summed E-state index contributed by atoms with van der Waals surface area (Å²) in [6.07, 6.45) is -4.69. The molecule has 18 heavy (non-hydrogen) atoms. The van der Waals surface area contributed by atoms with Gasteiger partial charge in [-0.3, -0.25) is 0 Å². The monoisotopic (exact) mass is 280 g/mol. The molecular weight excluding hydrogens is 269 g/mol. The van der Waals surface area contributed by atoms with Crippen molar-refractivity contribution in [2.24, 2.45) is 5.73 Å². The zero-order valence-corrected chi connectivity index (χ0v) is 10.3. The summed E-state index contributed by atoms with van der Waals surface area (Å²) >= 11 is 0. The second-order valence-electron chi connectivity index (χ2n) is 3.42. The molecule has 0 bridgehead atoms. The number of rotatable bonds is 3. The SMILES string of the molecule is COc1ccc([C@@H](N)CC#N)c(C(F)(F)F)c1.Cl. The van der Waals surface area contributed by atoms with Gasteiger partial charge in [-0.1, -0.05) is 6.07 Å². The fourth-order valence-corrected chi connectivity index (χ4v) is 1.44. The molecule has 0 saturated carbocycles. The Morgan fingerprint density at radius 1 is 1.44 bits per heavy atom. The van der Waals surface area contributed by atoms with Gasteiger partial charge >= 0.3 is 6.18 Å². The Balaban J connectivity index is 0.00000289. The van der Waals surface area contributed by atoms with Crippen LogP contribution in [0.25, 0.3) is 0 Å². The number of nitriles is 1. The highest BCUT2D eigenvalue weighted by Crippen LogP contribution is 2.36. The molecule has 0 aliphatic heterocycles. The largest absolute Gasteiger partial charge is 0.497 e. The Labute approximate surface area is 109 Å². The van der Waals surface area contributed by atoms with Crippen LogP contribution in [0.4, 0.5) is 13.2 Å². The first-order chi connectivity index (χ1) is 7.90. The molecule has 0 unspecified atom stereocenters. The lowest BCUT2D eigenvalue weighted by atomic mass is 9.98. The van der Waals surface area contributed by atoms with Crippen LogP contribution in [0.2, 0.25) is 0 Å². The Bertz CT molecular complexity index is 443. The van der Waals surface area contributed by atoms with Gasteiger partial charge in [0, 0.05) is 6.04 Å². The third kappa shape index (κ3) is 3.79. The van der Waals surface area contributed by atoms with E-state index in [0.29, 0.717) is 0 Å². The molecule has 0 amide bonds. The van der Waals surface area contributed by atoms with E-state index in [4.69, 9.17) is 15.7 Å². The van der Waals surface area contributed by atoms with Crippen LogP contribution < -0.4 is 10.5 Å². The van der Waals surface area contributed by atoms with E-state index in [1.807, 2.05) is 0 Å². The van der Waals surface area contributed by atoms with E-state index in [-0.39, 0.29) is 30.1 Å². The Hall–Kier alpha value is -1.45. The molecule has 1 atom stereocenters. The van der Waals surface area contributed by atoms with Crippen LogP contribution >= 0.6 is 12.4 Å². The van der Waals surface area contributed by atoms with Crippen molar-refractivity contribution in [1.82, 2.24) is 0 Å². The van der Waals surface area contributed by atoms with Gasteiger partial charge in [0.15, 0.2) is 0 Å². The van der Waals surface area contributed by atoms with Crippen LogP contribution in [0.3, 0.4) is 0 Å². The average molecular weight is 281 g/mol. The second kappa shape index (κ2) is 6.47. The lowest BCUT2D eigenvalue weighted by molar-refractivity contribution is -0.138. The summed E-state index contributed by atoms with van der Waals surface area (Å²) in [6.45, 7) is 0. The number of ether oxygens (including phenoxy) is 1. The van der Waals surface area contributed by atoms with Crippen molar-refractivity contribution in [1.29, 1.82) is 5.26 Å². The van der Waals surface area contributed by atoms with Gasteiger partial charge in [-0.15, -0.1) is 12.4 Å². The molecular formula is C11H12ClF3N2O. The molecule has 0 heterocycles. The fourth-order valence-electron chi connectivity index (χ4n) is 1.44. The van der Waals surface area contributed by atoms with Crippen molar-refractivity contribution >= 4 is 12.4 Å². The van der Waals surface area contributed by atoms with E-state index in [9.17, 15) is 13.2 Å². The first kappa shape index (κ1) is 16.6. The zero-order valence-electron chi connectivity index (χ0n) is 9.49. The fraction of sp³-hybridized carbons (Fsp3) is 0.364. The minimum absolute atomic E-state index is 0. The van der Waals surface area contributed by atoms with E-state index in [0.717, 1.165) is 6.07 Å². The summed E-state index contributed by atoms with van der Waals surface area (Å²) in [5, 5.41) is 8.46. The van der Waals surface area contributed by atoms with Gasteiger partial charge in [0.05, 0.1) is 25.2 Å². The summed E-state index contributed by atoms with van der Waals surface area (Å²) in [5.41, 5.74) is 4.57. The summed E-state index contributed by atoms with van der Waals surface area (Å²) in [5.74, 6) is 0.102. The third-order valence-corrected chi connectivity index (χ3v) is 2.28. The van der Waals surface area contributed by atoms with Crippen LogP contribution in [0.1, 0.15) is 23.6 Å². The van der Waals surface area contributed by atoms with Gasteiger partial charge in [0.2, 0.25) is 0 Å². The predicted molar refractivity (Wildman–Crippen MR) is 62.4 cm³/mol. The lowest BCUT2D eigenvalue weighted by Crippen LogP contribution is -2.17. The minimum atomic E-state index is -4.52. The molecule has 0 saturated heterocycles. The highest BCUT2D eigenvalue weighted by molar-refractivity contribution is 5.85. The quantitative estimate of drug-likeness (QED) is 0.926. The third-order valence-electron chi connectivity index (χ3n) is 2.28. The molecule has 0 aliphatic rings. The van der Waals surface area contributed by atoms with Gasteiger partial charge in [0.1, 0.15) is 5.75 Å². The van der Waals surface area contributed by atoms with Crippen molar-refractivity contribution in [3.8, 4) is 11.8 Å². The summed E-state index contributed by atoms with van der Waals surface area (Å²) < 4.78 is 43.1. The maximum Gasteiger partial charge on any atom is 0.416 e. The minimum Gasteiger partial charge on any atom is -0.497 e. The van der Waals surface area contributed by atoms with Crippen LogP contribution in [0, 0.1) is 11.3 Å².